The second-order valence-electron chi connectivity index (χ2n) is 8.47. The number of hydrogen-bond donors (Lipinski definition) is 2. The maximum Gasteiger partial charge on any atom is 0.256 e. The fourth-order valence-electron chi connectivity index (χ4n) is 4.49. The molecule has 2 aromatic rings. The number of carbonyl (C=O) groups is 1. The van der Waals surface area contributed by atoms with Gasteiger partial charge in [0.05, 0.1) is 25.0 Å². The minimum absolute atomic E-state index is 0.0165. The van der Waals surface area contributed by atoms with Crippen LogP contribution in [-0.4, -0.2) is 74.1 Å². The maximum atomic E-state index is 12.6. The highest BCUT2D eigenvalue weighted by molar-refractivity contribution is 5.94. The van der Waals surface area contributed by atoms with E-state index < -0.39 is 12.2 Å². The molecule has 0 bridgehead atoms. The molecule has 32 heavy (non-hydrogen) atoms. The molecule has 2 fully saturated rings. The van der Waals surface area contributed by atoms with Crippen molar-refractivity contribution in [3.05, 3.63) is 54.6 Å². The zero-order chi connectivity index (χ0) is 22.3. The van der Waals surface area contributed by atoms with Gasteiger partial charge in [-0.25, -0.2) is 0 Å². The number of aliphatic hydroxyl groups is 1. The molecule has 0 saturated carbocycles. The minimum atomic E-state index is -0.823. The summed E-state index contributed by atoms with van der Waals surface area (Å²) in [5.41, 5.74) is 1.86. The number of methoxy groups -OCH3 is 1. The summed E-state index contributed by atoms with van der Waals surface area (Å²) < 4.78 is 11.5. The summed E-state index contributed by atoms with van der Waals surface area (Å²) in [5, 5.41) is 13.2. The van der Waals surface area contributed by atoms with Gasteiger partial charge in [0.1, 0.15) is 5.75 Å². The zero-order valence-corrected chi connectivity index (χ0v) is 18.7. The molecular formula is C25H33N3O4. The predicted molar refractivity (Wildman–Crippen MR) is 125 cm³/mol. The first kappa shape index (κ1) is 22.6. The van der Waals surface area contributed by atoms with Crippen LogP contribution in [0.2, 0.25) is 0 Å². The average Bonchev–Trinajstić information content (AvgIpc) is 2.84. The average molecular weight is 440 g/mol. The van der Waals surface area contributed by atoms with Crippen molar-refractivity contribution in [1.29, 1.82) is 0 Å². The Bertz CT molecular complexity index is 871. The molecular weight excluding hydrogens is 406 g/mol. The van der Waals surface area contributed by atoms with Gasteiger partial charge in [-0.15, -0.1) is 0 Å². The Labute approximate surface area is 189 Å². The van der Waals surface area contributed by atoms with E-state index >= 15 is 0 Å². The fourth-order valence-corrected chi connectivity index (χ4v) is 4.49. The van der Waals surface area contributed by atoms with E-state index in [0.717, 1.165) is 57.0 Å². The number of nitrogens with zero attached hydrogens (tertiary/aromatic N) is 2. The largest absolute Gasteiger partial charge is 0.495 e. The first-order chi connectivity index (χ1) is 15.6. The van der Waals surface area contributed by atoms with Crippen LogP contribution in [0.1, 0.15) is 19.3 Å². The Hall–Kier alpha value is -2.61. The number of para-hydroxylation sites is 3. The normalized spacial score (nSPS) is 24.2. The lowest BCUT2D eigenvalue weighted by molar-refractivity contribution is -0.153. The number of anilines is 2. The third-order valence-electron chi connectivity index (χ3n) is 6.34. The summed E-state index contributed by atoms with van der Waals surface area (Å²) in [6.45, 7) is 4.78. The molecule has 2 saturated heterocycles. The van der Waals surface area contributed by atoms with Gasteiger partial charge >= 0.3 is 0 Å². The molecule has 1 amide bonds. The molecule has 2 aromatic carbocycles. The zero-order valence-electron chi connectivity index (χ0n) is 18.7. The summed E-state index contributed by atoms with van der Waals surface area (Å²) in [7, 11) is 1.71. The third-order valence-corrected chi connectivity index (χ3v) is 6.34. The number of hydrogen-bond acceptors (Lipinski definition) is 6. The maximum absolute atomic E-state index is 12.6. The van der Waals surface area contributed by atoms with Crippen molar-refractivity contribution >= 4 is 17.3 Å². The van der Waals surface area contributed by atoms with Gasteiger partial charge in [-0.3, -0.25) is 9.69 Å². The van der Waals surface area contributed by atoms with Crippen molar-refractivity contribution in [1.82, 2.24) is 4.90 Å². The van der Waals surface area contributed by atoms with Crippen LogP contribution in [-0.2, 0) is 9.53 Å². The molecule has 7 heteroatoms. The lowest BCUT2D eigenvalue weighted by atomic mass is 9.98. The van der Waals surface area contributed by atoms with Gasteiger partial charge in [0.15, 0.2) is 6.10 Å². The van der Waals surface area contributed by atoms with E-state index in [1.54, 1.807) is 7.11 Å². The molecule has 3 atom stereocenters. The van der Waals surface area contributed by atoms with Crippen molar-refractivity contribution in [3.63, 3.8) is 0 Å². The van der Waals surface area contributed by atoms with Gasteiger partial charge in [-0.1, -0.05) is 30.3 Å². The van der Waals surface area contributed by atoms with E-state index in [0.29, 0.717) is 12.1 Å². The van der Waals surface area contributed by atoms with Crippen LogP contribution in [0.4, 0.5) is 11.4 Å². The number of aliphatic hydroxyl groups excluding tert-OH is 1. The third kappa shape index (κ3) is 5.59. The number of carbonyl (C=O) groups excluding carboxylic acids is 1. The highest BCUT2D eigenvalue weighted by Crippen LogP contribution is 2.29. The summed E-state index contributed by atoms with van der Waals surface area (Å²) in [5.74, 6) is 0.633. The van der Waals surface area contributed by atoms with Gasteiger partial charge in [0, 0.05) is 38.4 Å². The number of rotatable bonds is 7. The lowest BCUT2D eigenvalue weighted by Gasteiger charge is -2.38. The van der Waals surface area contributed by atoms with Crippen LogP contribution in [0.15, 0.2) is 54.6 Å². The highest BCUT2D eigenvalue weighted by Gasteiger charge is 2.35. The van der Waals surface area contributed by atoms with Crippen LogP contribution in [0.3, 0.4) is 0 Å². The van der Waals surface area contributed by atoms with E-state index in [1.807, 2.05) is 48.5 Å². The molecule has 2 heterocycles. The van der Waals surface area contributed by atoms with Gasteiger partial charge in [0.25, 0.3) is 5.91 Å². The summed E-state index contributed by atoms with van der Waals surface area (Å²) in [6, 6.07) is 17.4. The second kappa shape index (κ2) is 10.8. The molecule has 172 valence electrons. The minimum Gasteiger partial charge on any atom is -0.495 e. The number of benzene rings is 2. The molecule has 0 aliphatic carbocycles. The van der Waals surface area contributed by atoms with Crippen molar-refractivity contribution in [2.24, 2.45) is 0 Å². The van der Waals surface area contributed by atoms with Gasteiger partial charge in [0.2, 0.25) is 0 Å². The van der Waals surface area contributed by atoms with Crippen molar-refractivity contribution in [2.75, 3.05) is 50.1 Å². The van der Waals surface area contributed by atoms with Crippen molar-refractivity contribution in [3.8, 4) is 5.75 Å². The van der Waals surface area contributed by atoms with Gasteiger partial charge in [-0.2, -0.15) is 0 Å². The molecule has 0 unspecified atom stereocenters. The standard InChI is InChI=1S/C25H33N3O4/c1-31-23-10-6-5-9-21(23)28-17-15-27(16-18-28)14-13-20-11-12-22(29)24(32-20)25(30)26-19-7-3-2-4-8-19/h2-10,20,22,24,29H,11-18H2,1H3,(H,26,30)/t20-,22-,24-/m0/s1. The first-order valence-corrected chi connectivity index (χ1v) is 11.4. The van der Waals surface area contributed by atoms with E-state index in [9.17, 15) is 9.90 Å². The Morgan fingerprint density at radius 3 is 2.53 bits per heavy atom. The van der Waals surface area contributed by atoms with Crippen LogP contribution >= 0.6 is 0 Å². The number of ether oxygens (including phenoxy) is 2. The number of amides is 1. The number of nitrogens with one attached hydrogen (secondary N) is 1. The molecule has 2 aliphatic heterocycles. The highest BCUT2D eigenvalue weighted by atomic mass is 16.5. The molecule has 2 aliphatic rings. The fraction of sp³-hybridized carbons (Fsp3) is 0.480. The summed E-state index contributed by atoms with van der Waals surface area (Å²) in [4.78, 5) is 17.4. The monoisotopic (exact) mass is 439 g/mol. The summed E-state index contributed by atoms with van der Waals surface area (Å²) >= 11 is 0. The second-order valence-corrected chi connectivity index (χ2v) is 8.47. The van der Waals surface area contributed by atoms with Crippen molar-refractivity contribution < 1.29 is 19.4 Å². The Morgan fingerprint density at radius 1 is 1.06 bits per heavy atom. The summed E-state index contributed by atoms with van der Waals surface area (Å²) in [6.07, 6.45) is 0.612. The topological polar surface area (TPSA) is 74.3 Å². The van der Waals surface area contributed by atoms with Gasteiger partial charge in [-0.05, 0) is 43.5 Å². The Kier molecular flexibility index (Phi) is 7.63. The SMILES string of the molecule is COc1ccccc1N1CCN(CC[C@@H]2CC[C@H](O)[C@@H](C(=O)Nc3ccccc3)O2)CC1. The van der Waals surface area contributed by atoms with Crippen LogP contribution in [0, 0.1) is 0 Å². The first-order valence-electron chi connectivity index (χ1n) is 11.4. The van der Waals surface area contributed by atoms with E-state index in [4.69, 9.17) is 9.47 Å². The molecule has 2 N–H and O–H groups in total. The molecule has 0 spiro atoms. The van der Waals surface area contributed by atoms with Gasteiger partial charge < -0.3 is 24.8 Å². The van der Waals surface area contributed by atoms with Crippen LogP contribution in [0.25, 0.3) is 0 Å². The molecule has 7 nitrogen and oxygen atoms in total. The lowest BCUT2D eigenvalue weighted by Crippen LogP contribution is -2.49. The molecule has 0 radical (unpaired) electrons. The molecule has 0 aromatic heterocycles. The van der Waals surface area contributed by atoms with E-state index in [1.165, 1.54) is 0 Å². The number of piperazine rings is 1. The Balaban J connectivity index is 1.24. The Morgan fingerprint density at radius 2 is 1.78 bits per heavy atom. The smallest absolute Gasteiger partial charge is 0.256 e. The van der Waals surface area contributed by atoms with Crippen LogP contribution < -0.4 is 15.0 Å². The van der Waals surface area contributed by atoms with Crippen molar-refractivity contribution in [2.45, 2.75) is 37.6 Å². The van der Waals surface area contributed by atoms with E-state index in [2.05, 4.69) is 21.2 Å². The van der Waals surface area contributed by atoms with Crippen LogP contribution in [0.5, 0.6) is 5.75 Å². The van der Waals surface area contributed by atoms with E-state index in [-0.39, 0.29) is 12.0 Å². The molecule has 4 rings (SSSR count). The quantitative estimate of drug-likeness (QED) is 0.691. The predicted octanol–water partition coefficient (Wildman–Crippen LogP) is 2.75.